The Morgan fingerprint density at radius 1 is 1.17 bits per heavy atom. The lowest BCUT2D eigenvalue weighted by atomic mass is 10.0. The van der Waals surface area contributed by atoms with Gasteiger partial charge in [-0.15, -0.1) is 0 Å². The van der Waals surface area contributed by atoms with Gasteiger partial charge in [0.15, 0.2) is 6.29 Å². The molecule has 0 unspecified atom stereocenters. The topological polar surface area (TPSA) is 178 Å². The van der Waals surface area contributed by atoms with Gasteiger partial charge in [0, 0.05) is 25.2 Å². The maximum atomic E-state index is 13.3. The van der Waals surface area contributed by atoms with Gasteiger partial charge in [-0.1, -0.05) is 32.9 Å². The fraction of sp³-hybridized carbons (Fsp3) is 0.536. The highest BCUT2D eigenvalue weighted by molar-refractivity contribution is 7.89. The number of phenols is 1. The van der Waals surface area contributed by atoms with Gasteiger partial charge in [-0.3, -0.25) is 10.1 Å². The number of hydrogen-bond donors (Lipinski definition) is 3. The molecule has 4 rings (SSSR count). The molecule has 0 aliphatic carbocycles. The number of carbonyl (C=O) groups excluding carboxylic acids is 1. The summed E-state index contributed by atoms with van der Waals surface area (Å²) in [5.41, 5.74) is 0.462. The minimum Gasteiger partial charge on any atom is -0.508 e. The van der Waals surface area contributed by atoms with Crippen LogP contribution in [0.25, 0.3) is 0 Å². The minimum atomic E-state index is -4.04. The number of aliphatic hydroxyl groups is 1. The van der Waals surface area contributed by atoms with Crippen LogP contribution in [0, 0.1) is 16.0 Å². The van der Waals surface area contributed by atoms with Gasteiger partial charge in [0.05, 0.1) is 41.1 Å². The molecular weight excluding hydrogens is 570 g/mol. The number of ether oxygens (including phenoxy) is 3. The molecule has 0 aromatic heterocycles. The first-order chi connectivity index (χ1) is 20.1. The number of non-ortho nitro benzene ring substituents is 1. The third kappa shape index (κ3) is 8.38. The van der Waals surface area contributed by atoms with Crippen molar-refractivity contribution < 1.29 is 42.6 Å². The van der Waals surface area contributed by atoms with Crippen LogP contribution in [0.15, 0.2) is 53.4 Å². The second-order valence-corrected chi connectivity index (χ2v) is 11.7. The average Bonchev–Trinajstić information content (AvgIpc) is 3.59. The van der Waals surface area contributed by atoms with E-state index in [0.717, 1.165) is 4.31 Å². The normalized spacial score (nSPS) is 21.1. The largest absolute Gasteiger partial charge is 0.508 e. The molecular formula is C28H39N3O10S. The van der Waals surface area contributed by atoms with Crippen LogP contribution in [-0.2, 0) is 30.7 Å². The van der Waals surface area contributed by atoms with E-state index in [1.54, 1.807) is 6.92 Å². The lowest BCUT2D eigenvalue weighted by molar-refractivity contribution is -0.384. The first kappa shape index (κ1) is 33.2. The van der Waals surface area contributed by atoms with Gasteiger partial charge in [-0.05, 0) is 49.1 Å². The highest BCUT2D eigenvalue weighted by Crippen LogP contribution is 2.33. The Balaban J connectivity index is 0.00000237. The third-order valence-corrected chi connectivity index (χ3v) is 8.83. The van der Waals surface area contributed by atoms with Crippen molar-refractivity contribution in [2.75, 3.05) is 26.3 Å². The summed E-state index contributed by atoms with van der Waals surface area (Å²) < 4.78 is 44.4. The summed E-state index contributed by atoms with van der Waals surface area (Å²) >= 11 is 0. The minimum absolute atomic E-state index is 0.0455. The second kappa shape index (κ2) is 15.3. The molecule has 0 radical (unpaired) electrons. The Kier molecular flexibility index (Phi) is 12.1. The number of fused-ring (bicyclic) bond motifs is 1. The van der Waals surface area contributed by atoms with Crippen molar-refractivity contribution in [2.45, 2.75) is 69.5 Å². The number of nitro benzene ring substituents is 1. The maximum Gasteiger partial charge on any atom is 0.407 e. The van der Waals surface area contributed by atoms with Crippen LogP contribution in [0.4, 0.5) is 10.5 Å². The predicted octanol–water partition coefficient (Wildman–Crippen LogP) is 3.19. The first-order valence-electron chi connectivity index (χ1n) is 14.0. The molecule has 14 heteroatoms. The number of aliphatic hydroxyl groups excluding tert-OH is 1. The fourth-order valence-corrected chi connectivity index (χ4v) is 6.37. The molecule has 2 aromatic rings. The van der Waals surface area contributed by atoms with E-state index in [4.69, 9.17) is 14.2 Å². The summed E-state index contributed by atoms with van der Waals surface area (Å²) in [6, 6.07) is 9.70. The van der Waals surface area contributed by atoms with E-state index in [-0.39, 0.29) is 48.4 Å². The highest BCUT2D eigenvalue weighted by atomic mass is 32.2. The lowest BCUT2D eigenvalue weighted by Crippen LogP contribution is -2.51. The van der Waals surface area contributed by atoms with Gasteiger partial charge < -0.3 is 29.7 Å². The lowest BCUT2D eigenvalue weighted by Gasteiger charge is -2.30. The number of amides is 1. The van der Waals surface area contributed by atoms with Crippen LogP contribution in [0.5, 0.6) is 5.75 Å². The third-order valence-electron chi connectivity index (χ3n) is 6.95. The Morgan fingerprint density at radius 3 is 2.45 bits per heavy atom. The summed E-state index contributed by atoms with van der Waals surface area (Å²) in [4.78, 5) is 23.4. The van der Waals surface area contributed by atoms with Crippen molar-refractivity contribution >= 4 is 21.8 Å². The van der Waals surface area contributed by atoms with E-state index < -0.39 is 45.6 Å². The molecule has 3 N–H and O–H groups in total. The van der Waals surface area contributed by atoms with Crippen LogP contribution in [0.2, 0.25) is 0 Å². The number of carbonyl (C=O) groups is 1. The molecule has 1 amide bonds. The molecule has 0 spiro atoms. The molecule has 2 aliphatic heterocycles. The summed E-state index contributed by atoms with van der Waals surface area (Å²) in [6.07, 6.45) is -1.96. The van der Waals surface area contributed by atoms with Crippen LogP contribution < -0.4 is 5.32 Å². The van der Waals surface area contributed by atoms with Gasteiger partial charge in [0.2, 0.25) is 10.0 Å². The molecule has 13 nitrogen and oxygen atoms in total. The summed E-state index contributed by atoms with van der Waals surface area (Å²) in [5, 5.41) is 34.5. The number of nitrogens with one attached hydrogen (secondary N) is 1. The van der Waals surface area contributed by atoms with E-state index in [9.17, 15) is 33.5 Å². The smallest absolute Gasteiger partial charge is 0.407 e. The Morgan fingerprint density at radius 2 is 1.83 bits per heavy atom. The van der Waals surface area contributed by atoms with E-state index in [0.29, 0.717) is 25.0 Å². The predicted molar refractivity (Wildman–Crippen MR) is 152 cm³/mol. The van der Waals surface area contributed by atoms with Crippen LogP contribution in [0.1, 0.15) is 39.2 Å². The quantitative estimate of drug-likeness (QED) is 0.239. The van der Waals surface area contributed by atoms with E-state index in [1.165, 1.54) is 48.5 Å². The molecule has 5 atom stereocenters. The molecule has 2 saturated heterocycles. The van der Waals surface area contributed by atoms with Gasteiger partial charge in [0.1, 0.15) is 11.9 Å². The fourth-order valence-electron chi connectivity index (χ4n) is 4.82. The van der Waals surface area contributed by atoms with Crippen molar-refractivity contribution in [3.63, 3.8) is 0 Å². The number of phenolic OH excluding ortho intramolecular Hbond substituents is 1. The summed E-state index contributed by atoms with van der Waals surface area (Å²) in [5.74, 6) is -0.186. The highest BCUT2D eigenvalue weighted by Gasteiger charge is 2.44. The van der Waals surface area contributed by atoms with Gasteiger partial charge in [-0.2, -0.15) is 4.31 Å². The standard InChI is InChI=1S/C26H33N3O10S.C2H6/c1-2-12-28(40(35,36)20-9-7-19(30)8-10-20)15-23(31)22(14-17-3-5-18(6-4-17)29(33)34)27-26(32)39-24-16-38-25-21(24)11-13-37-25;1-2/h3-10,21-25,30-31H,2,11-16H2,1H3,(H,27,32);1-2H3/t21-,22-,23+,24-,25+;/m0./s1. The van der Waals surface area contributed by atoms with Crippen LogP contribution in [-0.4, -0.2) is 84.8 Å². The van der Waals surface area contributed by atoms with Gasteiger partial charge in [0.25, 0.3) is 5.69 Å². The molecule has 42 heavy (non-hydrogen) atoms. The number of nitrogens with zero attached hydrogens (tertiary/aromatic N) is 2. The number of nitro groups is 1. The second-order valence-electron chi connectivity index (χ2n) is 9.77. The average molecular weight is 610 g/mol. The summed E-state index contributed by atoms with van der Waals surface area (Å²) in [7, 11) is -4.04. The zero-order valence-corrected chi connectivity index (χ0v) is 24.7. The number of rotatable bonds is 12. The molecule has 2 fully saturated rings. The van der Waals surface area contributed by atoms with E-state index in [2.05, 4.69) is 5.32 Å². The van der Waals surface area contributed by atoms with E-state index >= 15 is 0 Å². The van der Waals surface area contributed by atoms with Crippen LogP contribution in [0.3, 0.4) is 0 Å². The zero-order chi connectivity index (χ0) is 30.9. The number of hydrogen-bond acceptors (Lipinski definition) is 10. The molecule has 0 bridgehead atoms. The van der Waals surface area contributed by atoms with Gasteiger partial charge in [-0.25, -0.2) is 13.2 Å². The molecule has 232 valence electrons. The number of sulfonamides is 1. The number of benzene rings is 2. The monoisotopic (exact) mass is 609 g/mol. The zero-order valence-electron chi connectivity index (χ0n) is 23.9. The van der Waals surface area contributed by atoms with Crippen molar-refractivity contribution in [1.82, 2.24) is 9.62 Å². The Bertz CT molecular complexity index is 1270. The van der Waals surface area contributed by atoms with Gasteiger partial charge >= 0.3 is 6.09 Å². The molecule has 2 aliphatic rings. The molecule has 2 aromatic carbocycles. The Labute approximate surface area is 245 Å². The number of aromatic hydroxyl groups is 1. The van der Waals surface area contributed by atoms with Crippen molar-refractivity contribution in [2.24, 2.45) is 5.92 Å². The van der Waals surface area contributed by atoms with Crippen molar-refractivity contribution in [3.05, 3.63) is 64.2 Å². The SMILES string of the molecule is CC.CCCN(C[C@@H](O)[C@H](Cc1ccc([N+](=O)[O-])cc1)NC(=O)O[C@H]1CO[C@H]2OCC[C@H]21)S(=O)(=O)c1ccc(O)cc1. The van der Waals surface area contributed by atoms with Crippen LogP contribution >= 0.6 is 0 Å². The Hall–Kier alpha value is -3.30. The van der Waals surface area contributed by atoms with Crippen molar-refractivity contribution in [3.8, 4) is 5.75 Å². The molecule has 2 heterocycles. The first-order valence-corrected chi connectivity index (χ1v) is 15.4. The van der Waals surface area contributed by atoms with E-state index in [1.807, 2.05) is 13.8 Å². The number of alkyl carbamates (subject to hydrolysis) is 1. The summed E-state index contributed by atoms with van der Waals surface area (Å²) in [6.45, 7) is 6.21. The van der Waals surface area contributed by atoms with Crippen molar-refractivity contribution in [1.29, 1.82) is 0 Å². The maximum absolute atomic E-state index is 13.3. The molecule has 0 saturated carbocycles.